The molecule has 0 aliphatic carbocycles. The molecule has 0 bridgehead atoms. The number of aryl methyl sites for hydroxylation is 1. The summed E-state index contributed by atoms with van der Waals surface area (Å²) in [5.74, 6) is 2.15. The zero-order chi connectivity index (χ0) is 11.3. The topological polar surface area (TPSA) is 37.8 Å². The molecule has 1 heterocycles. The number of anilines is 1. The van der Waals surface area contributed by atoms with Crippen molar-refractivity contribution in [3.63, 3.8) is 0 Å². The first-order valence-electron chi connectivity index (χ1n) is 5.30. The third-order valence-corrected chi connectivity index (χ3v) is 3.11. The Hall–Kier alpha value is -0.350. The van der Waals surface area contributed by atoms with E-state index in [1.54, 1.807) is 0 Å². The molecule has 1 N–H and O–H groups in total. The van der Waals surface area contributed by atoms with Gasteiger partial charge in [0.2, 0.25) is 5.13 Å². The van der Waals surface area contributed by atoms with Gasteiger partial charge in [0.05, 0.1) is 0 Å². The standard InChI is InChI=1S/C10H18ClN3S/c1-4-9-13-10(15-14-9)12-8(6-11)5-7(2)3/h7-8H,4-6H2,1-3H3,(H,12,13,14). The number of hydrogen-bond donors (Lipinski definition) is 1. The van der Waals surface area contributed by atoms with Crippen molar-refractivity contribution in [2.45, 2.75) is 39.7 Å². The molecule has 0 aliphatic rings. The van der Waals surface area contributed by atoms with Gasteiger partial charge in [-0.1, -0.05) is 20.8 Å². The summed E-state index contributed by atoms with van der Waals surface area (Å²) >= 11 is 7.31. The maximum Gasteiger partial charge on any atom is 0.202 e. The summed E-state index contributed by atoms with van der Waals surface area (Å²) in [6, 6.07) is 0.296. The van der Waals surface area contributed by atoms with Crippen molar-refractivity contribution in [1.82, 2.24) is 9.36 Å². The molecule has 0 saturated heterocycles. The van der Waals surface area contributed by atoms with Crippen molar-refractivity contribution in [1.29, 1.82) is 0 Å². The molecule has 0 spiro atoms. The van der Waals surface area contributed by atoms with Crippen LogP contribution in [0.15, 0.2) is 0 Å². The highest BCUT2D eigenvalue weighted by Crippen LogP contribution is 2.16. The number of rotatable bonds is 6. The average Bonchev–Trinajstić information content (AvgIpc) is 2.64. The van der Waals surface area contributed by atoms with Crippen LogP contribution in [0, 0.1) is 5.92 Å². The zero-order valence-electron chi connectivity index (χ0n) is 9.46. The fourth-order valence-corrected chi connectivity index (χ4v) is 2.29. The monoisotopic (exact) mass is 247 g/mol. The Kier molecular flexibility index (Phi) is 5.32. The minimum Gasteiger partial charge on any atom is -0.356 e. The van der Waals surface area contributed by atoms with E-state index in [2.05, 4.69) is 35.4 Å². The third kappa shape index (κ3) is 4.34. The van der Waals surface area contributed by atoms with Gasteiger partial charge in [0.1, 0.15) is 5.82 Å². The van der Waals surface area contributed by atoms with Crippen LogP contribution in [0.25, 0.3) is 0 Å². The van der Waals surface area contributed by atoms with Gasteiger partial charge < -0.3 is 5.32 Å². The molecule has 15 heavy (non-hydrogen) atoms. The van der Waals surface area contributed by atoms with Gasteiger partial charge in [-0.25, -0.2) is 4.98 Å². The second-order valence-corrected chi connectivity index (χ2v) is 5.05. The van der Waals surface area contributed by atoms with E-state index in [0.29, 0.717) is 17.8 Å². The molecule has 0 aliphatic heterocycles. The third-order valence-electron chi connectivity index (χ3n) is 2.05. The van der Waals surface area contributed by atoms with Crippen molar-refractivity contribution < 1.29 is 0 Å². The van der Waals surface area contributed by atoms with Gasteiger partial charge in [0.25, 0.3) is 0 Å². The maximum atomic E-state index is 5.90. The van der Waals surface area contributed by atoms with Crippen LogP contribution >= 0.6 is 23.1 Å². The molecule has 86 valence electrons. The van der Waals surface area contributed by atoms with Crippen molar-refractivity contribution in [3.8, 4) is 0 Å². The number of nitrogens with zero attached hydrogens (tertiary/aromatic N) is 2. The van der Waals surface area contributed by atoms with Crippen LogP contribution in [-0.2, 0) is 6.42 Å². The molecule has 5 heteroatoms. The summed E-state index contributed by atoms with van der Waals surface area (Å²) in [5, 5.41) is 4.21. The first kappa shape index (κ1) is 12.7. The van der Waals surface area contributed by atoms with Gasteiger partial charge in [0.15, 0.2) is 0 Å². The summed E-state index contributed by atoms with van der Waals surface area (Å²) in [7, 11) is 0. The molecular formula is C10H18ClN3S. The quantitative estimate of drug-likeness (QED) is 0.785. The lowest BCUT2D eigenvalue weighted by Gasteiger charge is -2.16. The van der Waals surface area contributed by atoms with E-state index in [9.17, 15) is 0 Å². The highest BCUT2D eigenvalue weighted by molar-refractivity contribution is 7.09. The van der Waals surface area contributed by atoms with E-state index in [0.717, 1.165) is 23.8 Å². The van der Waals surface area contributed by atoms with E-state index in [-0.39, 0.29) is 0 Å². The summed E-state index contributed by atoms with van der Waals surface area (Å²) < 4.78 is 4.23. The van der Waals surface area contributed by atoms with Crippen molar-refractivity contribution in [2.75, 3.05) is 11.2 Å². The van der Waals surface area contributed by atoms with Crippen molar-refractivity contribution in [2.24, 2.45) is 5.92 Å². The minimum absolute atomic E-state index is 0.296. The van der Waals surface area contributed by atoms with Gasteiger partial charge in [0, 0.05) is 29.9 Å². The summed E-state index contributed by atoms with van der Waals surface area (Å²) in [4.78, 5) is 4.36. The zero-order valence-corrected chi connectivity index (χ0v) is 11.0. The molecule has 0 amide bonds. The number of hydrogen-bond acceptors (Lipinski definition) is 4. The Morgan fingerprint density at radius 2 is 2.20 bits per heavy atom. The lowest BCUT2D eigenvalue weighted by molar-refractivity contribution is 0.542. The molecule has 0 fully saturated rings. The molecule has 1 aromatic heterocycles. The molecule has 1 atom stereocenters. The molecular weight excluding hydrogens is 230 g/mol. The van der Waals surface area contributed by atoms with Crippen LogP contribution in [0.2, 0.25) is 0 Å². The molecule has 1 rings (SSSR count). The van der Waals surface area contributed by atoms with Gasteiger partial charge in [-0.15, -0.1) is 11.6 Å². The Morgan fingerprint density at radius 1 is 1.47 bits per heavy atom. The molecule has 0 aromatic carbocycles. The Labute approximate surface area is 100 Å². The maximum absolute atomic E-state index is 5.90. The largest absolute Gasteiger partial charge is 0.356 e. The smallest absolute Gasteiger partial charge is 0.202 e. The lowest BCUT2D eigenvalue weighted by Crippen LogP contribution is -2.23. The highest BCUT2D eigenvalue weighted by Gasteiger charge is 2.11. The molecule has 0 radical (unpaired) electrons. The number of alkyl halides is 1. The second kappa shape index (κ2) is 6.28. The van der Waals surface area contributed by atoms with Crippen molar-refractivity contribution >= 4 is 28.3 Å². The summed E-state index contributed by atoms with van der Waals surface area (Å²) in [5.41, 5.74) is 0. The van der Waals surface area contributed by atoms with Gasteiger partial charge in [-0.3, -0.25) is 0 Å². The van der Waals surface area contributed by atoms with Crippen LogP contribution in [0.1, 0.15) is 33.0 Å². The Morgan fingerprint density at radius 3 is 2.67 bits per heavy atom. The van der Waals surface area contributed by atoms with E-state index >= 15 is 0 Å². The van der Waals surface area contributed by atoms with Crippen LogP contribution in [0.3, 0.4) is 0 Å². The van der Waals surface area contributed by atoms with Gasteiger partial charge >= 0.3 is 0 Å². The van der Waals surface area contributed by atoms with E-state index in [1.165, 1.54) is 11.5 Å². The normalized spacial score (nSPS) is 13.1. The summed E-state index contributed by atoms with van der Waals surface area (Å²) in [6.07, 6.45) is 1.94. The fraction of sp³-hybridized carbons (Fsp3) is 0.800. The Bertz CT molecular complexity index is 288. The first-order chi connectivity index (χ1) is 7.15. The number of halogens is 1. The number of aromatic nitrogens is 2. The van der Waals surface area contributed by atoms with Gasteiger partial charge in [-0.05, 0) is 12.3 Å². The molecule has 3 nitrogen and oxygen atoms in total. The highest BCUT2D eigenvalue weighted by atomic mass is 35.5. The van der Waals surface area contributed by atoms with E-state index in [4.69, 9.17) is 11.6 Å². The van der Waals surface area contributed by atoms with Crippen LogP contribution < -0.4 is 5.32 Å². The van der Waals surface area contributed by atoms with Crippen LogP contribution in [0.5, 0.6) is 0 Å². The lowest BCUT2D eigenvalue weighted by atomic mass is 10.1. The Balaban J connectivity index is 2.50. The second-order valence-electron chi connectivity index (χ2n) is 3.99. The predicted molar refractivity (Wildman–Crippen MR) is 66.9 cm³/mol. The van der Waals surface area contributed by atoms with Crippen molar-refractivity contribution in [3.05, 3.63) is 5.82 Å². The summed E-state index contributed by atoms with van der Waals surface area (Å²) in [6.45, 7) is 6.44. The van der Waals surface area contributed by atoms with Crippen LogP contribution in [-0.4, -0.2) is 21.3 Å². The average molecular weight is 248 g/mol. The number of nitrogens with one attached hydrogen (secondary N) is 1. The van der Waals surface area contributed by atoms with E-state index < -0.39 is 0 Å². The molecule has 0 saturated carbocycles. The first-order valence-corrected chi connectivity index (χ1v) is 6.61. The predicted octanol–water partition coefficient (Wildman–Crippen LogP) is 3.17. The molecule has 1 aromatic rings. The SMILES string of the molecule is CCc1nsc(NC(CCl)CC(C)C)n1. The fourth-order valence-electron chi connectivity index (χ4n) is 1.36. The van der Waals surface area contributed by atoms with E-state index in [1.807, 2.05) is 0 Å². The molecule has 1 unspecified atom stereocenters. The van der Waals surface area contributed by atoms with Gasteiger partial charge in [-0.2, -0.15) is 4.37 Å². The minimum atomic E-state index is 0.296. The van der Waals surface area contributed by atoms with Crippen LogP contribution in [0.4, 0.5) is 5.13 Å².